The topological polar surface area (TPSA) is 35.5 Å². The Hall–Kier alpha value is -2.90. The maximum atomic E-state index is 14.0. The van der Waals surface area contributed by atoms with Crippen molar-refractivity contribution >= 4 is 29.3 Å². The Morgan fingerprint density at radius 2 is 1.58 bits per heavy atom. The standard InChI is InChI=1S/C28H24ClF3O3S/c1-27(2)22(17-23(29)36-21-14-7-4-8-15-21)24(27)26(33)35-25(28(30,31)32)18-10-9-13-20(16-18)34-19-11-5-3-6-12-19/h3-17,22,24-25H,1-2H3/b23-17-/t22-,24-,25?/m0/s1. The van der Waals surface area contributed by atoms with Gasteiger partial charge in [0.25, 0.3) is 0 Å². The molecule has 1 aliphatic rings. The van der Waals surface area contributed by atoms with Crippen molar-refractivity contribution in [2.24, 2.45) is 17.3 Å². The SMILES string of the molecule is CC1(C)[C@H](C(=O)OC(c2cccc(Oc3ccccc3)c2)C(F)(F)F)[C@@H]1/C=C(/Cl)Sc1ccccc1. The van der Waals surface area contributed by atoms with Gasteiger partial charge in [-0.25, -0.2) is 0 Å². The van der Waals surface area contributed by atoms with Crippen molar-refractivity contribution in [3.8, 4) is 11.5 Å². The Bertz CT molecular complexity index is 1230. The van der Waals surface area contributed by atoms with Crippen LogP contribution in [0.3, 0.4) is 0 Å². The highest BCUT2D eigenvalue weighted by atomic mass is 35.5. The third-order valence-corrected chi connectivity index (χ3v) is 7.30. The van der Waals surface area contributed by atoms with Gasteiger partial charge in [-0.1, -0.05) is 91.8 Å². The molecule has 0 spiro atoms. The van der Waals surface area contributed by atoms with Crippen molar-refractivity contribution in [3.63, 3.8) is 0 Å². The zero-order chi connectivity index (χ0) is 25.9. The number of alkyl halides is 3. The minimum atomic E-state index is -4.80. The van der Waals surface area contributed by atoms with Gasteiger partial charge in [-0.15, -0.1) is 0 Å². The Balaban J connectivity index is 1.49. The summed E-state index contributed by atoms with van der Waals surface area (Å²) in [6.45, 7) is 3.63. The predicted molar refractivity (Wildman–Crippen MR) is 135 cm³/mol. The number of allylic oxidation sites excluding steroid dienone is 1. The van der Waals surface area contributed by atoms with Crippen molar-refractivity contribution < 1.29 is 27.4 Å². The monoisotopic (exact) mass is 532 g/mol. The molecule has 3 atom stereocenters. The summed E-state index contributed by atoms with van der Waals surface area (Å²) in [6, 6.07) is 23.6. The van der Waals surface area contributed by atoms with E-state index < -0.39 is 29.6 Å². The van der Waals surface area contributed by atoms with Crippen LogP contribution in [0.2, 0.25) is 0 Å². The molecule has 188 valence electrons. The van der Waals surface area contributed by atoms with Crippen LogP contribution in [-0.4, -0.2) is 12.1 Å². The van der Waals surface area contributed by atoms with Crippen molar-refractivity contribution in [3.05, 3.63) is 101 Å². The third kappa shape index (κ3) is 6.26. The number of carbonyl (C=O) groups excluding carboxylic acids is 1. The molecule has 36 heavy (non-hydrogen) atoms. The first kappa shape index (κ1) is 26.2. The summed E-state index contributed by atoms with van der Waals surface area (Å²) >= 11 is 7.71. The highest BCUT2D eigenvalue weighted by Gasteiger charge is 2.62. The second-order valence-electron chi connectivity index (χ2n) is 9.06. The molecule has 4 rings (SSSR count). The fourth-order valence-corrected chi connectivity index (χ4v) is 5.23. The molecule has 0 heterocycles. The minimum Gasteiger partial charge on any atom is -0.457 e. The van der Waals surface area contributed by atoms with Crippen molar-refractivity contribution in [2.45, 2.75) is 31.0 Å². The average Bonchev–Trinajstić information content (AvgIpc) is 3.37. The molecular formula is C28H24ClF3O3S. The molecule has 0 radical (unpaired) electrons. The lowest BCUT2D eigenvalue weighted by Crippen LogP contribution is -2.27. The molecule has 1 fully saturated rings. The molecule has 3 nitrogen and oxygen atoms in total. The average molecular weight is 533 g/mol. The van der Waals surface area contributed by atoms with Crippen LogP contribution in [-0.2, 0) is 9.53 Å². The summed E-state index contributed by atoms with van der Waals surface area (Å²) in [5.74, 6) is -1.30. The summed E-state index contributed by atoms with van der Waals surface area (Å²) in [5, 5.41) is 0. The smallest absolute Gasteiger partial charge is 0.429 e. The van der Waals surface area contributed by atoms with Gasteiger partial charge >= 0.3 is 12.1 Å². The molecule has 0 amide bonds. The number of esters is 1. The highest BCUT2D eigenvalue weighted by molar-refractivity contribution is 8.04. The van der Waals surface area contributed by atoms with E-state index in [1.165, 1.54) is 30.0 Å². The van der Waals surface area contributed by atoms with Crippen molar-refractivity contribution in [2.75, 3.05) is 0 Å². The number of benzene rings is 3. The maximum absolute atomic E-state index is 14.0. The van der Waals surface area contributed by atoms with Crippen LogP contribution < -0.4 is 4.74 Å². The fraction of sp³-hybridized carbons (Fsp3) is 0.250. The van der Waals surface area contributed by atoms with Crippen LogP contribution in [0.25, 0.3) is 0 Å². The number of halogens is 4. The number of rotatable bonds is 8. The quantitative estimate of drug-likeness (QED) is 0.214. The van der Waals surface area contributed by atoms with E-state index in [4.69, 9.17) is 21.1 Å². The van der Waals surface area contributed by atoms with Gasteiger partial charge in [0, 0.05) is 10.5 Å². The number of hydrogen-bond donors (Lipinski definition) is 0. The lowest BCUT2D eigenvalue weighted by molar-refractivity contribution is -0.225. The van der Waals surface area contributed by atoms with E-state index in [-0.39, 0.29) is 17.2 Å². The van der Waals surface area contributed by atoms with Gasteiger partial charge in [0.05, 0.1) is 10.3 Å². The van der Waals surface area contributed by atoms with E-state index in [1.807, 2.05) is 44.2 Å². The molecule has 3 aromatic rings. The lowest BCUT2D eigenvalue weighted by Gasteiger charge is -2.22. The normalized spacial score (nSPS) is 19.9. The van der Waals surface area contributed by atoms with Crippen LogP contribution in [0.5, 0.6) is 11.5 Å². The van der Waals surface area contributed by atoms with Gasteiger partial charge in [0.2, 0.25) is 6.10 Å². The molecule has 0 bridgehead atoms. The predicted octanol–water partition coefficient (Wildman–Crippen LogP) is 8.77. The molecule has 0 aliphatic heterocycles. The first-order valence-corrected chi connectivity index (χ1v) is 12.5. The van der Waals surface area contributed by atoms with E-state index in [0.29, 0.717) is 10.1 Å². The fourth-order valence-electron chi connectivity index (χ4n) is 4.09. The molecule has 1 aliphatic carbocycles. The second-order valence-corrected chi connectivity index (χ2v) is 10.8. The zero-order valence-electron chi connectivity index (χ0n) is 19.5. The summed E-state index contributed by atoms with van der Waals surface area (Å²) in [7, 11) is 0. The van der Waals surface area contributed by atoms with E-state index in [2.05, 4.69) is 0 Å². The summed E-state index contributed by atoms with van der Waals surface area (Å²) in [5.41, 5.74) is -0.796. The summed E-state index contributed by atoms with van der Waals surface area (Å²) < 4.78 is 53.2. The van der Waals surface area contributed by atoms with Gasteiger partial charge in [-0.05, 0) is 47.7 Å². The van der Waals surface area contributed by atoms with Gasteiger partial charge in [0.1, 0.15) is 11.5 Å². The zero-order valence-corrected chi connectivity index (χ0v) is 21.1. The van der Waals surface area contributed by atoms with Crippen LogP contribution >= 0.6 is 23.4 Å². The second kappa shape index (κ2) is 10.6. The van der Waals surface area contributed by atoms with Crippen LogP contribution in [0.4, 0.5) is 13.2 Å². The van der Waals surface area contributed by atoms with Gasteiger partial charge in [-0.3, -0.25) is 4.79 Å². The molecule has 0 aromatic heterocycles. The maximum Gasteiger partial charge on any atom is 0.429 e. The van der Waals surface area contributed by atoms with E-state index in [0.717, 1.165) is 4.90 Å². The number of carbonyl (C=O) groups is 1. The number of para-hydroxylation sites is 1. The van der Waals surface area contributed by atoms with E-state index in [1.54, 1.807) is 42.5 Å². The largest absolute Gasteiger partial charge is 0.457 e. The lowest BCUT2D eigenvalue weighted by atomic mass is 10.1. The summed E-state index contributed by atoms with van der Waals surface area (Å²) in [4.78, 5) is 13.9. The Morgan fingerprint density at radius 1 is 0.972 bits per heavy atom. The Morgan fingerprint density at radius 3 is 2.22 bits per heavy atom. The first-order valence-electron chi connectivity index (χ1n) is 11.3. The van der Waals surface area contributed by atoms with Crippen LogP contribution in [0.1, 0.15) is 25.5 Å². The van der Waals surface area contributed by atoms with Crippen LogP contribution in [0.15, 0.2) is 100 Å². The van der Waals surface area contributed by atoms with Gasteiger partial charge < -0.3 is 9.47 Å². The number of ether oxygens (including phenoxy) is 2. The van der Waals surface area contributed by atoms with E-state index in [9.17, 15) is 18.0 Å². The number of thioether (sulfide) groups is 1. The van der Waals surface area contributed by atoms with Crippen molar-refractivity contribution in [1.29, 1.82) is 0 Å². The molecule has 1 saturated carbocycles. The molecule has 0 saturated heterocycles. The first-order chi connectivity index (χ1) is 17.1. The Labute approximate surface area is 217 Å². The molecule has 1 unspecified atom stereocenters. The molecular weight excluding hydrogens is 509 g/mol. The Kier molecular flexibility index (Phi) is 7.71. The summed E-state index contributed by atoms with van der Waals surface area (Å²) in [6.07, 6.45) is -5.49. The van der Waals surface area contributed by atoms with Gasteiger partial charge in [-0.2, -0.15) is 13.2 Å². The minimum absolute atomic E-state index is 0.210. The third-order valence-electron chi connectivity index (χ3n) is 6.10. The highest BCUT2D eigenvalue weighted by Crippen LogP contribution is 2.61. The van der Waals surface area contributed by atoms with Gasteiger partial charge in [0.15, 0.2) is 0 Å². The molecule has 3 aromatic carbocycles. The van der Waals surface area contributed by atoms with E-state index >= 15 is 0 Å². The van der Waals surface area contributed by atoms with Crippen LogP contribution in [0, 0.1) is 17.3 Å². The molecule has 0 N–H and O–H groups in total. The van der Waals surface area contributed by atoms with Crippen molar-refractivity contribution in [1.82, 2.24) is 0 Å². The number of hydrogen-bond acceptors (Lipinski definition) is 4. The molecule has 8 heteroatoms.